The van der Waals surface area contributed by atoms with Crippen molar-refractivity contribution >= 4 is 23.3 Å². The van der Waals surface area contributed by atoms with Crippen molar-refractivity contribution in [3.63, 3.8) is 0 Å². The summed E-state index contributed by atoms with van der Waals surface area (Å²) in [6.45, 7) is -1.03. The summed E-state index contributed by atoms with van der Waals surface area (Å²) in [7, 11) is 2.83. The maximum Gasteiger partial charge on any atom is 0.387 e. The molecule has 0 unspecified atom stereocenters. The third-order valence-electron chi connectivity index (χ3n) is 3.75. The summed E-state index contributed by atoms with van der Waals surface area (Å²) in [5, 5.41) is 6.10. The Kier molecular flexibility index (Phi) is 7.31. The number of halogens is 2. The largest absolute Gasteiger partial charge is 0.493 e. The molecule has 0 fully saturated rings. The van der Waals surface area contributed by atoms with Gasteiger partial charge < -0.3 is 29.6 Å². The summed E-state index contributed by atoms with van der Waals surface area (Å²) in [6, 6.07) is 3.76. The number of carbonyl (C=O) groups is 1. The van der Waals surface area contributed by atoms with E-state index in [0.717, 1.165) is 0 Å². The van der Waals surface area contributed by atoms with Gasteiger partial charge in [0.05, 0.1) is 25.3 Å². The Balaban J connectivity index is 2.39. The fourth-order valence-electron chi connectivity index (χ4n) is 2.57. The van der Waals surface area contributed by atoms with E-state index in [1.165, 1.54) is 26.4 Å². The molecular weight excluding hydrogens is 382 g/mol. The average Bonchev–Trinajstić information content (AvgIpc) is 2.60. The van der Waals surface area contributed by atoms with Crippen molar-refractivity contribution in [3.8, 4) is 11.5 Å². The van der Waals surface area contributed by atoms with E-state index in [0.29, 0.717) is 11.3 Å². The van der Waals surface area contributed by atoms with Gasteiger partial charge in [-0.1, -0.05) is 6.07 Å². The van der Waals surface area contributed by atoms with Crippen LogP contribution in [0.25, 0.3) is 0 Å². The Bertz CT molecular complexity index is 742. The molecule has 1 heterocycles. The molecule has 0 saturated heterocycles. The minimum absolute atomic E-state index is 0.0750. The van der Waals surface area contributed by atoms with E-state index < -0.39 is 18.6 Å². The highest BCUT2D eigenvalue weighted by atomic mass is 32.1. The molecule has 2 N–H and O–H groups in total. The van der Waals surface area contributed by atoms with Crippen LogP contribution < -0.4 is 20.1 Å². The third kappa shape index (κ3) is 5.27. The Morgan fingerprint density at radius 2 is 2.00 bits per heavy atom. The van der Waals surface area contributed by atoms with E-state index in [-0.39, 0.29) is 35.4 Å². The smallest absolute Gasteiger partial charge is 0.387 e. The van der Waals surface area contributed by atoms with Gasteiger partial charge in [-0.2, -0.15) is 8.78 Å². The molecule has 0 spiro atoms. The molecule has 1 aliphatic rings. The van der Waals surface area contributed by atoms with E-state index in [9.17, 15) is 13.6 Å². The molecule has 1 aromatic rings. The number of benzene rings is 1. The van der Waals surface area contributed by atoms with Crippen LogP contribution >= 0.6 is 12.2 Å². The molecule has 10 heteroatoms. The molecule has 0 amide bonds. The van der Waals surface area contributed by atoms with Crippen LogP contribution in [-0.4, -0.2) is 45.1 Å². The molecule has 0 saturated carbocycles. The Morgan fingerprint density at radius 1 is 1.26 bits per heavy atom. The van der Waals surface area contributed by atoms with Crippen LogP contribution in [0.4, 0.5) is 8.78 Å². The molecule has 0 radical (unpaired) electrons. The number of hydrogen-bond donors (Lipinski definition) is 2. The molecular formula is C17H20F2N2O5S. The summed E-state index contributed by atoms with van der Waals surface area (Å²) in [4.78, 5) is 12.5. The summed E-state index contributed by atoms with van der Waals surface area (Å²) in [5.41, 5.74) is 1.25. The zero-order chi connectivity index (χ0) is 20.0. The number of thiocarbonyl (C=S) groups is 1. The van der Waals surface area contributed by atoms with Crippen LogP contribution in [0.3, 0.4) is 0 Å². The lowest BCUT2D eigenvalue weighted by atomic mass is 9.95. The second-order valence-electron chi connectivity index (χ2n) is 5.49. The number of nitrogens with one attached hydrogen (secondary N) is 2. The molecule has 0 aromatic heterocycles. The standard InChI is InChI=1S/C17H20F2N2O5S/c1-9-13(15(22)25-7-6-23-2)14(21-17(27)20-9)10-4-5-11(24-3)12(8-10)26-16(18)19/h4-5,8,14,16H,6-7H2,1-3H3,(H2,20,21,27)/t14-/m1/s1. The van der Waals surface area contributed by atoms with Crippen molar-refractivity contribution in [2.75, 3.05) is 27.4 Å². The van der Waals surface area contributed by atoms with Crippen LogP contribution in [-0.2, 0) is 14.3 Å². The highest BCUT2D eigenvalue weighted by molar-refractivity contribution is 7.80. The number of ether oxygens (including phenoxy) is 4. The van der Waals surface area contributed by atoms with E-state index in [4.69, 9.17) is 26.4 Å². The number of alkyl halides is 2. The maximum atomic E-state index is 12.7. The van der Waals surface area contributed by atoms with Gasteiger partial charge in [0.15, 0.2) is 16.6 Å². The first-order valence-corrected chi connectivity index (χ1v) is 8.35. The first-order valence-electron chi connectivity index (χ1n) is 7.94. The Labute approximate surface area is 160 Å². The van der Waals surface area contributed by atoms with Gasteiger partial charge in [-0.05, 0) is 36.8 Å². The molecule has 0 bridgehead atoms. The number of methoxy groups -OCH3 is 2. The lowest BCUT2D eigenvalue weighted by molar-refractivity contribution is -0.140. The van der Waals surface area contributed by atoms with E-state index in [2.05, 4.69) is 15.4 Å². The SMILES string of the molecule is COCCOC(=O)C1=C(C)NC(=S)N[C@@H]1c1ccc(OC)c(OC(F)F)c1. The highest BCUT2D eigenvalue weighted by Crippen LogP contribution is 2.35. The van der Waals surface area contributed by atoms with Gasteiger partial charge in [-0.25, -0.2) is 4.79 Å². The van der Waals surface area contributed by atoms with Crippen molar-refractivity contribution in [2.24, 2.45) is 0 Å². The molecule has 1 aliphatic heterocycles. The lowest BCUT2D eigenvalue weighted by Gasteiger charge is -2.30. The van der Waals surface area contributed by atoms with Crippen LogP contribution in [0.1, 0.15) is 18.5 Å². The summed E-state index contributed by atoms with van der Waals surface area (Å²) in [6.07, 6.45) is 0. The topological polar surface area (TPSA) is 78.1 Å². The van der Waals surface area contributed by atoms with Crippen molar-refractivity contribution in [1.82, 2.24) is 10.6 Å². The minimum Gasteiger partial charge on any atom is -0.493 e. The molecule has 2 rings (SSSR count). The van der Waals surface area contributed by atoms with Gasteiger partial charge in [0, 0.05) is 12.8 Å². The summed E-state index contributed by atoms with van der Waals surface area (Å²) in [5.74, 6) is -0.592. The van der Waals surface area contributed by atoms with Crippen LogP contribution in [0.5, 0.6) is 11.5 Å². The van der Waals surface area contributed by atoms with Gasteiger partial charge in [-0.15, -0.1) is 0 Å². The molecule has 0 aliphatic carbocycles. The lowest BCUT2D eigenvalue weighted by Crippen LogP contribution is -2.45. The van der Waals surface area contributed by atoms with Crippen molar-refractivity contribution in [3.05, 3.63) is 35.0 Å². The Hall–Kier alpha value is -2.46. The Morgan fingerprint density at radius 3 is 2.63 bits per heavy atom. The number of hydrogen-bond acceptors (Lipinski definition) is 6. The van der Waals surface area contributed by atoms with Crippen molar-refractivity contribution in [1.29, 1.82) is 0 Å². The van der Waals surface area contributed by atoms with Crippen LogP contribution in [0.2, 0.25) is 0 Å². The fraction of sp³-hybridized carbons (Fsp3) is 0.412. The zero-order valence-corrected chi connectivity index (χ0v) is 15.8. The van der Waals surface area contributed by atoms with Crippen molar-refractivity contribution in [2.45, 2.75) is 19.6 Å². The fourth-order valence-corrected chi connectivity index (χ4v) is 2.84. The van der Waals surface area contributed by atoms with E-state index >= 15 is 0 Å². The second-order valence-corrected chi connectivity index (χ2v) is 5.90. The first kappa shape index (κ1) is 20.8. The van der Waals surface area contributed by atoms with E-state index in [1.807, 2.05) is 0 Å². The predicted molar refractivity (Wildman–Crippen MR) is 96.8 cm³/mol. The number of esters is 1. The molecule has 1 atom stereocenters. The first-order chi connectivity index (χ1) is 12.9. The second kappa shape index (κ2) is 9.47. The van der Waals surface area contributed by atoms with Gasteiger partial charge in [0.25, 0.3) is 0 Å². The van der Waals surface area contributed by atoms with Crippen LogP contribution in [0.15, 0.2) is 29.5 Å². The van der Waals surface area contributed by atoms with Gasteiger partial charge in [0.2, 0.25) is 0 Å². The van der Waals surface area contributed by atoms with Gasteiger partial charge in [0.1, 0.15) is 6.61 Å². The highest BCUT2D eigenvalue weighted by Gasteiger charge is 2.31. The van der Waals surface area contributed by atoms with Crippen LogP contribution in [0, 0.1) is 0 Å². The summed E-state index contributed by atoms with van der Waals surface area (Å²) >= 11 is 5.15. The molecule has 1 aromatic carbocycles. The maximum absolute atomic E-state index is 12.7. The number of carbonyl (C=O) groups excluding carboxylic acids is 1. The minimum atomic E-state index is -3.02. The monoisotopic (exact) mass is 402 g/mol. The third-order valence-corrected chi connectivity index (χ3v) is 3.97. The molecule has 27 heavy (non-hydrogen) atoms. The quantitative estimate of drug-likeness (QED) is 0.390. The average molecular weight is 402 g/mol. The van der Waals surface area contributed by atoms with E-state index in [1.54, 1.807) is 13.0 Å². The zero-order valence-electron chi connectivity index (χ0n) is 15.0. The predicted octanol–water partition coefficient (Wildman–Crippen LogP) is 2.28. The number of rotatable bonds is 8. The molecule has 148 valence electrons. The summed E-state index contributed by atoms with van der Waals surface area (Å²) < 4.78 is 45.0. The number of allylic oxidation sites excluding steroid dienone is 1. The van der Waals surface area contributed by atoms with Crippen molar-refractivity contribution < 1.29 is 32.5 Å². The molecule has 7 nitrogen and oxygen atoms in total. The normalized spacial score (nSPS) is 16.7. The van der Waals surface area contributed by atoms with Gasteiger partial charge >= 0.3 is 12.6 Å². The van der Waals surface area contributed by atoms with Gasteiger partial charge in [-0.3, -0.25) is 0 Å².